The smallest absolute Gasteiger partial charge is 0.119 e. The summed E-state index contributed by atoms with van der Waals surface area (Å²) in [4.78, 5) is 4.36. The number of hydrogen-bond acceptors (Lipinski definition) is 7. The first-order valence-electron chi connectivity index (χ1n) is 15.4. The van der Waals surface area contributed by atoms with Gasteiger partial charge < -0.3 is 33.5 Å². The molecule has 7 nitrogen and oxygen atoms in total. The van der Waals surface area contributed by atoms with Crippen molar-refractivity contribution in [3.05, 3.63) is 152 Å². The minimum atomic E-state index is 0.827. The second-order valence-electron chi connectivity index (χ2n) is 10.5. The standard InChI is InChI=1S/C21H21NO3.C20H19NO2/c1-23-19-10-4-16(5-11-19)22(17-6-12-20(24-2)13-7-17)18-8-14-21(25-3)15-9-18;1-22-19-12-8-17(9-13-19)21(16-6-4-3-5-7-16)18-10-14-20(23-2)15-11-18/h4-15H,1-3H3;3-15H,1-2H3. The van der Waals surface area contributed by atoms with Crippen molar-refractivity contribution < 1.29 is 23.7 Å². The van der Waals surface area contributed by atoms with E-state index < -0.39 is 0 Å². The molecular formula is C41H40N2O5. The Morgan fingerprint density at radius 3 is 0.625 bits per heavy atom. The lowest BCUT2D eigenvalue weighted by Crippen LogP contribution is -2.09. The summed E-state index contributed by atoms with van der Waals surface area (Å²) in [6, 6.07) is 50.3. The third-order valence-corrected chi connectivity index (χ3v) is 7.67. The fourth-order valence-corrected chi connectivity index (χ4v) is 5.13. The molecule has 7 heteroatoms. The predicted molar refractivity (Wildman–Crippen MR) is 195 cm³/mol. The highest BCUT2D eigenvalue weighted by molar-refractivity contribution is 5.78. The van der Waals surface area contributed by atoms with Gasteiger partial charge in [0.1, 0.15) is 28.7 Å². The van der Waals surface area contributed by atoms with Crippen LogP contribution in [-0.2, 0) is 0 Å². The Kier molecular flexibility index (Phi) is 11.4. The summed E-state index contributed by atoms with van der Waals surface area (Å²) in [5.41, 5.74) is 6.36. The van der Waals surface area contributed by atoms with Crippen LogP contribution in [0.3, 0.4) is 0 Å². The Labute approximate surface area is 283 Å². The molecule has 0 aliphatic carbocycles. The van der Waals surface area contributed by atoms with Gasteiger partial charge in [0.25, 0.3) is 0 Å². The van der Waals surface area contributed by atoms with E-state index in [-0.39, 0.29) is 0 Å². The maximum Gasteiger partial charge on any atom is 0.119 e. The molecule has 0 unspecified atom stereocenters. The molecule has 0 fully saturated rings. The van der Waals surface area contributed by atoms with Crippen molar-refractivity contribution in [3.63, 3.8) is 0 Å². The Hall–Kier alpha value is -6.08. The van der Waals surface area contributed by atoms with Gasteiger partial charge in [-0.25, -0.2) is 0 Å². The first-order valence-corrected chi connectivity index (χ1v) is 15.4. The van der Waals surface area contributed by atoms with Crippen LogP contribution in [-0.4, -0.2) is 35.5 Å². The summed E-state index contributed by atoms with van der Waals surface area (Å²) in [7, 11) is 8.35. The van der Waals surface area contributed by atoms with Crippen molar-refractivity contribution in [1.29, 1.82) is 0 Å². The van der Waals surface area contributed by atoms with Crippen LogP contribution in [0.2, 0.25) is 0 Å². The molecule has 6 rings (SSSR count). The highest BCUT2D eigenvalue weighted by Gasteiger charge is 2.14. The first-order chi connectivity index (χ1) is 23.6. The average Bonchev–Trinajstić information content (AvgIpc) is 3.17. The van der Waals surface area contributed by atoms with Gasteiger partial charge in [-0.1, -0.05) is 18.2 Å². The van der Waals surface area contributed by atoms with Crippen molar-refractivity contribution >= 4 is 34.1 Å². The molecule has 0 atom stereocenters. The molecule has 0 saturated heterocycles. The molecular weight excluding hydrogens is 600 g/mol. The molecule has 0 amide bonds. The second kappa shape index (κ2) is 16.5. The topological polar surface area (TPSA) is 52.6 Å². The Morgan fingerprint density at radius 2 is 0.438 bits per heavy atom. The summed E-state index contributed by atoms with van der Waals surface area (Å²) < 4.78 is 26.3. The highest BCUT2D eigenvalue weighted by Crippen LogP contribution is 2.37. The molecule has 6 aromatic rings. The molecule has 0 saturated carbocycles. The molecule has 0 aromatic heterocycles. The van der Waals surface area contributed by atoms with Gasteiger partial charge in [-0.05, 0) is 133 Å². The number of benzene rings is 6. The molecule has 0 aliphatic heterocycles. The zero-order chi connectivity index (χ0) is 33.7. The summed E-state index contributed by atoms with van der Waals surface area (Å²) in [5, 5.41) is 0. The van der Waals surface area contributed by atoms with Gasteiger partial charge in [0.05, 0.1) is 35.5 Å². The van der Waals surface area contributed by atoms with Crippen LogP contribution >= 0.6 is 0 Å². The maximum absolute atomic E-state index is 5.27. The van der Waals surface area contributed by atoms with E-state index in [4.69, 9.17) is 23.7 Å². The number of nitrogens with zero attached hydrogens (tertiary/aromatic N) is 2. The van der Waals surface area contributed by atoms with Crippen molar-refractivity contribution in [2.24, 2.45) is 0 Å². The maximum atomic E-state index is 5.27. The molecule has 48 heavy (non-hydrogen) atoms. The largest absolute Gasteiger partial charge is 0.497 e. The van der Waals surface area contributed by atoms with Crippen LogP contribution in [0.4, 0.5) is 34.1 Å². The van der Waals surface area contributed by atoms with Crippen LogP contribution in [0.25, 0.3) is 0 Å². The number of para-hydroxylation sites is 1. The SMILES string of the molecule is COc1ccc(N(c2ccc(OC)cc2)c2ccc(OC)cc2)cc1.COc1ccc(N(c2ccccc2)c2ccc(OC)cc2)cc1. The van der Waals surface area contributed by atoms with E-state index in [1.807, 2.05) is 115 Å². The van der Waals surface area contributed by atoms with E-state index in [2.05, 4.69) is 46.2 Å². The van der Waals surface area contributed by atoms with Crippen LogP contribution in [0.5, 0.6) is 28.7 Å². The van der Waals surface area contributed by atoms with Gasteiger partial charge in [-0.15, -0.1) is 0 Å². The summed E-state index contributed by atoms with van der Waals surface area (Å²) in [6.07, 6.45) is 0. The highest BCUT2D eigenvalue weighted by atomic mass is 16.5. The Morgan fingerprint density at radius 1 is 0.250 bits per heavy atom. The number of methoxy groups -OCH3 is 5. The lowest BCUT2D eigenvalue weighted by Gasteiger charge is -2.26. The fourth-order valence-electron chi connectivity index (χ4n) is 5.13. The molecule has 0 radical (unpaired) electrons. The predicted octanol–water partition coefficient (Wildman–Crippen LogP) is 10.4. The van der Waals surface area contributed by atoms with Gasteiger partial charge in [-0.3, -0.25) is 0 Å². The fraction of sp³-hybridized carbons (Fsp3) is 0.122. The monoisotopic (exact) mass is 640 g/mol. The third kappa shape index (κ3) is 8.19. The van der Waals surface area contributed by atoms with E-state index in [0.29, 0.717) is 0 Å². The van der Waals surface area contributed by atoms with Gasteiger partial charge in [0.15, 0.2) is 0 Å². The Bertz CT molecular complexity index is 1650. The zero-order valence-corrected chi connectivity index (χ0v) is 27.9. The molecule has 0 bridgehead atoms. The summed E-state index contributed by atoms with van der Waals surface area (Å²) in [6.45, 7) is 0. The second-order valence-corrected chi connectivity index (χ2v) is 10.5. The van der Waals surface area contributed by atoms with Crippen LogP contribution in [0.15, 0.2) is 152 Å². The number of hydrogen-bond donors (Lipinski definition) is 0. The van der Waals surface area contributed by atoms with Gasteiger partial charge in [0.2, 0.25) is 0 Å². The zero-order valence-electron chi connectivity index (χ0n) is 27.9. The van der Waals surface area contributed by atoms with E-state index >= 15 is 0 Å². The Balaban J connectivity index is 0.000000188. The number of rotatable bonds is 11. The molecule has 244 valence electrons. The summed E-state index contributed by atoms with van der Waals surface area (Å²) >= 11 is 0. The van der Waals surface area contributed by atoms with E-state index in [1.165, 1.54) is 0 Å². The lowest BCUT2D eigenvalue weighted by molar-refractivity contribution is 0.414. The first kappa shape index (κ1) is 33.3. The minimum Gasteiger partial charge on any atom is -0.497 e. The summed E-state index contributed by atoms with van der Waals surface area (Å²) in [5.74, 6) is 4.17. The molecule has 0 heterocycles. The van der Waals surface area contributed by atoms with Gasteiger partial charge >= 0.3 is 0 Å². The quantitative estimate of drug-likeness (QED) is 0.140. The lowest BCUT2D eigenvalue weighted by atomic mass is 10.2. The molecule has 0 aliphatic rings. The van der Waals surface area contributed by atoms with Gasteiger partial charge in [0, 0.05) is 34.1 Å². The molecule has 6 aromatic carbocycles. The van der Waals surface area contributed by atoms with E-state index in [9.17, 15) is 0 Å². The average molecular weight is 641 g/mol. The van der Waals surface area contributed by atoms with Crippen LogP contribution in [0, 0.1) is 0 Å². The number of anilines is 6. The number of ether oxygens (including phenoxy) is 5. The van der Waals surface area contributed by atoms with Crippen molar-refractivity contribution in [2.75, 3.05) is 45.3 Å². The van der Waals surface area contributed by atoms with Crippen molar-refractivity contribution in [1.82, 2.24) is 0 Å². The van der Waals surface area contributed by atoms with E-state index in [1.54, 1.807) is 35.5 Å². The normalized spacial score (nSPS) is 10.2. The van der Waals surface area contributed by atoms with E-state index in [0.717, 1.165) is 62.9 Å². The van der Waals surface area contributed by atoms with Crippen LogP contribution in [0.1, 0.15) is 0 Å². The van der Waals surface area contributed by atoms with Crippen molar-refractivity contribution in [2.45, 2.75) is 0 Å². The molecule has 0 N–H and O–H groups in total. The van der Waals surface area contributed by atoms with Gasteiger partial charge in [-0.2, -0.15) is 0 Å². The third-order valence-electron chi connectivity index (χ3n) is 7.67. The molecule has 0 spiro atoms. The van der Waals surface area contributed by atoms with Crippen LogP contribution < -0.4 is 33.5 Å². The minimum absolute atomic E-state index is 0.827. The van der Waals surface area contributed by atoms with Crippen molar-refractivity contribution in [3.8, 4) is 28.7 Å².